The van der Waals surface area contributed by atoms with Gasteiger partial charge >= 0.3 is 0 Å². The average molecular weight is 522 g/mol. The molecule has 0 unspecified atom stereocenters. The maximum Gasteiger partial charge on any atom is 0.254 e. The van der Waals surface area contributed by atoms with E-state index in [1.165, 1.54) is 24.8 Å². The first-order valence-corrected chi connectivity index (χ1v) is 14.4. The third kappa shape index (κ3) is 5.38. The molecule has 2 aromatic carbocycles. The number of nitrogens with zero attached hydrogens (tertiary/aromatic N) is 3. The van der Waals surface area contributed by atoms with Gasteiger partial charge in [0.1, 0.15) is 0 Å². The lowest BCUT2D eigenvalue weighted by atomic mass is 9.63. The van der Waals surface area contributed by atoms with E-state index in [2.05, 4.69) is 34.1 Å². The molecule has 5 rings (SSSR count). The number of benzene rings is 2. The van der Waals surface area contributed by atoms with Gasteiger partial charge in [-0.25, -0.2) is 0 Å². The van der Waals surface area contributed by atoms with Crippen LogP contribution in [0.4, 0.5) is 5.69 Å². The Balaban J connectivity index is 1.10. The summed E-state index contributed by atoms with van der Waals surface area (Å²) in [4.78, 5) is 32.0. The van der Waals surface area contributed by atoms with Crippen molar-refractivity contribution in [1.29, 1.82) is 0 Å². The van der Waals surface area contributed by atoms with Crippen LogP contribution in [-0.4, -0.2) is 61.9 Å². The summed E-state index contributed by atoms with van der Waals surface area (Å²) in [6, 6.07) is 16.3. The highest BCUT2D eigenvalue weighted by atomic mass is 35.5. The third-order valence-electron chi connectivity index (χ3n) is 9.08. The molecular weight excluding hydrogens is 482 g/mol. The molecular formula is C31H40ClN3O2. The number of piperidine rings is 2. The molecule has 0 spiro atoms. The summed E-state index contributed by atoms with van der Waals surface area (Å²) in [7, 11) is 3.49. The second-order valence-electron chi connectivity index (χ2n) is 11.6. The number of likely N-dealkylation sites (tertiary alicyclic amines) is 1. The van der Waals surface area contributed by atoms with Crippen LogP contribution in [0.1, 0.15) is 67.3 Å². The number of anilines is 1. The summed E-state index contributed by atoms with van der Waals surface area (Å²) in [5, 5.41) is 0.524. The molecule has 0 bridgehead atoms. The third-order valence-corrected chi connectivity index (χ3v) is 9.39. The predicted octanol–water partition coefficient (Wildman–Crippen LogP) is 6.01. The van der Waals surface area contributed by atoms with Crippen LogP contribution in [-0.2, 0) is 10.2 Å². The van der Waals surface area contributed by atoms with Crippen molar-refractivity contribution < 1.29 is 9.59 Å². The molecule has 2 heterocycles. The van der Waals surface area contributed by atoms with Crippen LogP contribution in [0.3, 0.4) is 0 Å². The molecule has 5 nitrogen and oxygen atoms in total. The van der Waals surface area contributed by atoms with Crippen LogP contribution in [0.5, 0.6) is 0 Å². The zero-order valence-electron chi connectivity index (χ0n) is 22.3. The Morgan fingerprint density at radius 3 is 2.08 bits per heavy atom. The molecule has 3 fully saturated rings. The van der Waals surface area contributed by atoms with E-state index in [0.717, 1.165) is 75.8 Å². The lowest BCUT2D eigenvalue weighted by molar-refractivity contribution is -0.142. The molecule has 6 heteroatoms. The van der Waals surface area contributed by atoms with Crippen molar-refractivity contribution in [2.75, 3.05) is 45.2 Å². The normalized spacial score (nSPS) is 20.4. The molecule has 37 heavy (non-hydrogen) atoms. The topological polar surface area (TPSA) is 43.9 Å². The van der Waals surface area contributed by atoms with E-state index in [1.807, 2.05) is 24.3 Å². The van der Waals surface area contributed by atoms with Crippen LogP contribution >= 0.6 is 11.6 Å². The molecule has 0 N–H and O–H groups in total. The van der Waals surface area contributed by atoms with Gasteiger partial charge in [0, 0.05) is 46.0 Å². The fourth-order valence-corrected chi connectivity index (χ4v) is 6.86. The van der Waals surface area contributed by atoms with Gasteiger partial charge < -0.3 is 14.7 Å². The molecule has 2 aromatic rings. The van der Waals surface area contributed by atoms with Gasteiger partial charge in [0.25, 0.3) is 5.91 Å². The van der Waals surface area contributed by atoms with E-state index in [4.69, 9.17) is 11.6 Å². The summed E-state index contributed by atoms with van der Waals surface area (Å²) >= 11 is 6.45. The molecule has 2 amide bonds. The number of carbonyl (C=O) groups excluding carboxylic acids is 2. The maximum absolute atomic E-state index is 13.6. The lowest BCUT2D eigenvalue weighted by Crippen LogP contribution is -2.53. The SMILES string of the molecule is CN(C)C(=O)c1ccc(N2CCC(CC3CCN(C(=O)C4(c5ccccc5)CCC4)CC3)CC2)cc1Cl. The Kier molecular flexibility index (Phi) is 7.80. The number of amides is 2. The molecule has 0 radical (unpaired) electrons. The van der Waals surface area contributed by atoms with Crippen LogP contribution in [0, 0.1) is 11.8 Å². The Bertz CT molecular complexity index is 1100. The highest BCUT2D eigenvalue weighted by Gasteiger charge is 2.48. The van der Waals surface area contributed by atoms with E-state index < -0.39 is 0 Å². The number of halogens is 1. The maximum atomic E-state index is 13.6. The predicted molar refractivity (Wildman–Crippen MR) is 150 cm³/mol. The molecule has 198 valence electrons. The van der Waals surface area contributed by atoms with Crippen molar-refractivity contribution in [3.63, 3.8) is 0 Å². The van der Waals surface area contributed by atoms with Gasteiger partial charge in [-0.05, 0) is 80.5 Å². The van der Waals surface area contributed by atoms with E-state index in [-0.39, 0.29) is 11.3 Å². The first-order valence-electron chi connectivity index (χ1n) is 14.0. The number of rotatable bonds is 6. The minimum Gasteiger partial charge on any atom is -0.371 e. The molecule has 1 saturated carbocycles. The van der Waals surface area contributed by atoms with Gasteiger partial charge in [0.05, 0.1) is 16.0 Å². The van der Waals surface area contributed by atoms with Gasteiger partial charge in [0.15, 0.2) is 0 Å². The van der Waals surface area contributed by atoms with Gasteiger partial charge in [-0.3, -0.25) is 9.59 Å². The minimum atomic E-state index is -0.262. The van der Waals surface area contributed by atoms with E-state index >= 15 is 0 Å². The molecule has 3 aliphatic rings. The van der Waals surface area contributed by atoms with Gasteiger partial charge in [-0.1, -0.05) is 48.4 Å². The van der Waals surface area contributed by atoms with Gasteiger partial charge in [-0.2, -0.15) is 0 Å². The van der Waals surface area contributed by atoms with Gasteiger partial charge in [0.2, 0.25) is 5.91 Å². The van der Waals surface area contributed by atoms with Crippen LogP contribution in [0.15, 0.2) is 48.5 Å². The molecule has 0 aromatic heterocycles. The van der Waals surface area contributed by atoms with Crippen LogP contribution in [0.25, 0.3) is 0 Å². The molecule has 0 atom stereocenters. The van der Waals surface area contributed by atoms with E-state index in [9.17, 15) is 9.59 Å². The minimum absolute atomic E-state index is 0.0640. The number of hydrogen-bond acceptors (Lipinski definition) is 3. The number of hydrogen-bond donors (Lipinski definition) is 0. The van der Waals surface area contributed by atoms with Crippen molar-refractivity contribution in [3.8, 4) is 0 Å². The Morgan fingerprint density at radius 1 is 0.919 bits per heavy atom. The van der Waals surface area contributed by atoms with E-state index in [1.54, 1.807) is 19.0 Å². The fourth-order valence-electron chi connectivity index (χ4n) is 6.60. The summed E-state index contributed by atoms with van der Waals surface area (Å²) in [5.41, 5.74) is 2.61. The van der Waals surface area contributed by atoms with Gasteiger partial charge in [-0.15, -0.1) is 0 Å². The second kappa shape index (κ2) is 11.1. The molecule has 2 aliphatic heterocycles. The fraction of sp³-hybridized carbons (Fsp3) is 0.548. The zero-order chi connectivity index (χ0) is 26.0. The Labute approximate surface area is 226 Å². The second-order valence-corrected chi connectivity index (χ2v) is 12.0. The van der Waals surface area contributed by atoms with Crippen molar-refractivity contribution in [2.24, 2.45) is 11.8 Å². The average Bonchev–Trinajstić information content (AvgIpc) is 2.89. The summed E-state index contributed by atoms with van der Waals surface area (Å²) < 4.78 is 0. The first kappa shape index (κ1) is 26.1. The van der Waals surface area contributed by atoms with Crippen LogP contribution in [0.2, 0.25) is 5.02 Å². The van der Waals surface area contributed by atoms with E-state index in [0.29, 0.717) is 16.5 Å². The zero-order valence-corrected chi connectivity index (χ0v) is 23.1. The molecule has 2 saturated heterocycles. The van der Waals surface area contributed by atoms with Crippen molar-refractivity contribution in [1.82, 2.24) is 9.80 Å². The Hall–Kier alpha value is -2.53. The smallest absolute Gasteiger partial charge is 0.254 e. The quantitative estimate of drug-likeness (QED) is 0.467. The monoisotopic (exact) mass is 521 g/mol. The molecule has 1 aliphatic carbocycles. The first-order chi connectivity index (χ1) is 17.9. The summed E-state index contributed by atoms with van der Waals surface area (Å²) in [5.74, 6) is 1.77. The van der Waals surface area contributed by atoms with Crippen molar-refractivity contribution >= 4 is 29.1 Å². The highest BCUT2D eigenvalue weighted by Crippen LogP contribution is 2.46. The van der Waals surface area contributed by atoms with Crippen molar-refractivity contribution in [2.45, 2.75) is 56.8 Å². The van der Waals surface area contributed by atoms with Crippen LogP contribution < -0.4 is 4.90 Å². The number of carbonyl (C=O) groups is 2. The summed E-state index contributed by atoms with van der Waals surface area (Å²) in [6.07, 6.45) is 9.06. The lowest BCUT2D eigenvalue weighted by Gasteiger charge is -2.46. The Morgan fingerprint density at radius 2 is 1.54 bits per heavy atom. The standard InChI is InChI=1S/C31H40ClN3O2/c1-33(2)29(36)27-10-9-26(22-28(27)32)34-17-11-23(12-18-34)21-24-13-19-35(20-14-24)30(37)31(15-6-16-31)25-7-4-3-5-8-25/h3-5,7-10,22-24H,6,11-21H2,1-2H3. The largest absolute Gasteiger partial charge is 0.371 e. The summed E-state index contributed by atoms with van der Waals surface area (Å²) in [6.45, 7) is 3.87. The van der Waals surface area contributed by atoms with Crippen molar-refractivity contribution in [3.05, 3.63) is 64.7 Å². The highest BCUT2D eigenvalue weighted by molar-refractivity contribution is 6.34.